The molecule has 2 saturated heterocycles. The first kappa shape index (κ1) is 12.9. The Morgan fingerprint density at radius 2 is 1.28 bits per heavy atom. The highest BCUT2D eigenvalue weighted by molar-refractivity contribution is 4.96. The normalized spacial score (nSPS) is 48.7. The fourth-order valence-electron chi connectivity index (χ4n) is 4.89. The summed E-state index contributed by atoms with van der Waals surface area (Å²) in [6.45, 7) is 4.89. The van der Waals surface area contributed by atoms with Crippen molar-refractivity contribution in [3.8, 4) is 0 Å². The maximum absolute atomic E-state index is 3.77. The molecule has 2 aliphatic heterocycles. The van der Waals surface area contributed by atoms with Crippen molar-refractivity contribution in [1.82, 2.24) is 10.2 Å². The Hall–Kier alpha value is -0.0800. The number of hydrogen-bond acceptors (Lipinski definition) is 2. The summed E-state index contributed by atoms with van der Waals surface area (Å²) >= 11 is 0. The molecule has 1 aliphatic carbocycles. The van der Waals surface area contributed by atoms with Gasteiger partial charge in [0.25, 0.3) is 0 Å². The Morgan fingerprint density at radius 3 is 1.83 bits per heavy atom. The minimum absolute atomic E-state index is 0.828. The van der Waals surface area contributed by atoms with Gasteiger partial charge in [0, 0.05) is 24.2 Å². The number of piperidine rings is 1. The summed E-state index contributed by atoms with van der Waals surface area (Å²) in [4.78, 5) is 2.76. The number of hydrogen-bond donors (Lipinski definition) is 1. The van der Waals surface area contributed by atoms with E-state index in [1.165, 1.54) is 44.9 Å². The summed E-state index contributed by atoms with van der Waals surface area (Å²) in [5, 5.41) is 3.77. The molecule has 3 fully saturated rings. The maximum Gasteiger partial charge on any atom is 0.0125 e. The lowest BCUT2D eigenvalue weighted by Crippen LogP contribution is -2.51. The third-order valence-corrected chi connectivity index (χ3v) is 5.75. The van der Waals surface area contributed by atoms with Crippen LogP contribution in [0, 0.1) is 11.8 Å². The van der Waals surface area contributed by atoms with E-state index in [0.29, 0.717) is 0 Å². The highest BCUT2D eigenvalue weighted by atomic mass is 15.2. The number of nitrogens with one attached hydrogen (secondary N) is 1. The van der Waals surface area contributed by atoms with E-state index in [2.05, 4.69) is 31.1 Å². The van der Waals surface area contributed by atoms with Crippen LogP contribution in [-0.2, 0) is 0 Å². The zero-order valence-electron chi connectivity index (χ0n) is 12.4. The molecule has 2 bridgehead atoms. The van der Waals surface area contributed by atoms with Crippen LogP contribution in [0.3, 0.4) is 0 Å². The first-order valence-electron chi connectivity index (χ1n) is 8.09. The summed E-state index contributed by atoms with van der Waals surface area (Å²) in [5.74, 6) is 1.86. The first-order valence-corrected chi connectivity index (χ1v) is 8.09. The van der Waals surface area contributed by atoms with E-state index in [9.17, 15) is 0 Å². The second-order valence-electron chi connectivity index (χ2n) is 7.50. The second-order valence-corrected chi connectivity index (χ2v) is 7.50. The van der Waals surface area contributed by atoms with E-state index in [0.717, 1.165) is 36.0 Å². The number of nitrogens with zero attached hydrogens (tertiary/aromatic N) is 1. The van der Waals surface area contributed by atoms with Gasteiger partial charge >= 0.3 is 0 Å². The van der Waals surface area contributed by atoms with Crippen molar-refractivity contribution in [3.63, 3.8) is 0 Å². The minimum Gasteiger partial charge on any atom is -0.311 e. The lowest BCUT2D eigenvalue weighted by atomic mass is 9.79. The smallest absolute Gasteiger partial charge is 0.0125 e. The third kappa shape index (κ3) is 2.60. The molecule has 18 heavy (non-hydrogen) atoms. The Bertz CT molecular complexity index is 267. The van der Waals surface area contributed by atoms with Gasteiger partial charge < -0.3 is 10.2 Å². The molecule has 0 radical (unpaired) electrons. The lowest BCUT2D eigenvalue weighted by molar-refractivity contribution is 0.0717. The topological polar surface area (TPSA) is 15.3 Å². The van der Waals surface area contributed by atoms with Gasteiger partial charge in [-0.05, 0) is 63.8 Å². The van der Waals surface area contributed by atoms with Crippen molar-refractivity contribution < 1.29 is 0 Å². The van der Waals surface area contributed by atoms with Crippen LogP contribution in [0.4, 0.5) is 0 Å². The Balaban J connectivity index is 1.61. The molecule has 2 nitrogen and oxygen atoms in total. The lowest BCUT2D eigenvalue weighted by Gasteiger charge is -2.44. The number of rotatable bonds is 2. The predicted octanol–water partition coefficient (Wildman–Crippen LogP) is 3.03. The third-order valence-electron chi connectivity index (χ3n) is 5.75. The molecule has 2 heterocycles. The highest BCUT2D eigenvalue weighted by Crippen LogP contribution is 2.35. The standard InChI is InChI=1S/C16H30N2/c1-11-6-12(2)8-15(7-11)18(3)16-9-13-4-5-14(10-16)17-13/h11-17H,4-10H2,1-3H3. The average molecular weight is 250 g/mol. The van der Waals surface area contributed by atoms with Gasteiger partial charge in [0.05, 0.1) is 0 Å². The molecule has 3 rings (SSSR count). The summed E-state index contributed by atoms with van der Waals surface area (Å²) in [7, 11) is 2.41. The maximum atomic E-state index is 3.77. The second kappa shape index (κ2) is 5.13. The molecule has 2 heteroatoms. The Labute approximate surface area is 113 Å². The van der Waals surface area contributed by atoms with E-state index in [1.54, 1.807) is 0 Å². The van der Waals surface area contributed by atoms with Gasteiger partial charge in [-0.3, -0.25) is 0 Å². The molecule has 1 saturated carbocycles. The minimum atomic E-state index is 0.828. The summed E-state index contributed by atoms with van der Waals surface area (Å²) < 4.78 is 0. The average Bonchev–Trinajstić information content (AvgIpc) is 2.66. The summed E-state index contributed by atoms with van der Waals surface area (Å²) in [6, 6.07) is 3.36. The Morgan fingerprint density at radius 1 is 0.778 bits per heavy atom. The van der Waals surface area contributed by atoms with Crippen molar-refractivity contribution in [2.45, 2.75) is 83.0 Å². The van der Waals surface area contributed by atoms with Crippen molar-refractivity contribution in [2.24, 2.45) is 11.8 Å². The molecular formula is C16H30N2. The molecule has 1 N–H and O–H groups in total. The zero-order chi connectivity index (χ0) is 12.7. The van der Waals surface area contributed by atoms with Crippen LogP contribution < -0.4 is 5.32 Å². The van der Waals surface area contributed by atoms with Crippen LogP contribution in [0.15, 0.2) is 0 Å². The molecule has 4 atom stereocenters. The molecule has 3 aliphatic rings. The molecular weight excluding hydrogens is 220 g/mol. The van der Waals surface area contributed by atoms with E-state index in [1.807, 2.05) is 0 Å². The predicted molar refractivity (Wildman–Crippen MR) is 76.7 cm³/mol. The summed E-state index contributed by atoms with van der Waals surface area (Å²) in [6.07, 6.45) is 9.94. The van der Waals surface area contributed by atoms with Crippen LogP contribution in [0.25, 0.3) is 0 Å². The van der Waals surface area contributed by atoms with Crippen LogP contribution in [0.5, 0.6) is 0 Å². The highest BCUT2D eigenvalue weighted by Gasteiger charge is 2.38. The quantitative estimate of drug-likeness (QED) is 0.810. The van der Waals surface area contributed by atoms with E-state index in [4.69, 9.17) is 0 Å². The van der Waals surface area contributed by atoms with E-state index in [-0.39, 0.29) is 0 Å². The zero-order valence-corrected chi connectivity index (χ0v) is 12.4. The SMILES string of the molecule is CC1CC(C)CC(N(C)C2CC3CCC(C2)N3)C1. The summed E-state index contributed by atoms with van der Waals surface area (Å²) in [5.41, 5.74) is 0. The van der Waals surface area contributed by atoms with Gasteiger partial charge in [-0.25, -0.2) is 0 Å². The van der Waals surface area contributed by atoms with Crippen molar-refractivity contribution in [2.75, 3.05) is 7.05 Å². The monoisotopic (exact) mass is 250 g/mol. The van der Waals surface area contributed by atoms with Crippen LogP contribution >= 0.6 is 0 Å². The number of fused-ring (bicyclic) bond motifs is 2. The molecule has 0 spiro atoms. The van der Waals surface area contributed by atoms with Crippen molar-refractivity contribution in [1.29, 1.82) is 0 Å². The van der Waals surface area contributed by atoms with E-state index >= 15 is 0 Å². The molecule has 0 aromatic carbocycles. The van der Waals surface area contributed by atoms with Gasteiger partial charge in [-0.1, -0.05) is 13.8 Å². The molecule has 4 unspecified atom stereocenters. The molecule has 0 aromatic rings. The molecule has 0 aromatic heterocycles. The Kier molecular flexibility index (Phi) is 3.68. The van der Waals surface area contributed by atoms with Crippen LogP contribution in [-0.4, -0.2) is 36.1 Å². The largest absolute Gasteiger partial charge is 0.311 e. The van der Waals surface area contributed by atoms with Gasteiger partial charge in [0.2, 0.25) is 0 Å². The van der Waals surface area contributed by atoms with E-state index < -0.39 is 0 Å². The van der Waals surface area contributed by atoms with Crippen molar-refractivity contribution >= 4 is 0 Å². The molecule has 0 amide bonds. The van der Waals surface area contributed by atoms with Gasteiger partial charge in [0.1, 0.15) is 0 Å². The van der Waals surface area contributed by atoms with Gasteiger partial charge in [-0.15, -0.1) is 0 Å². The molecule has 104 valence electrons. The fourth-order valence-corrected chi connectivity index (χ4v) is 4.89. The van der Waals surface area contributed by atoms with Crippen LogP contribution in [0.1, 0.15) is 58.8 Å². The fraction of sp³-hybridized carbons (Fsp3) is 1.00. The van der Waals surface area contributed by atoms with Gasteiger partial charge in [0.15, 0.2) is 0 Å². The van der Waals surface area contributed by atoms with Crippen LogP contribution in [0.2, 0.25) is 0 Å². The van der Waals surface area contributed by atoms with Gasteiger partial charge in [-0.2, -0.15) is 0 Å². The first-order chi connectivity index (χ1) is 8.61. The van der Waals surface area contributed by atoms with Crippen molar-refractivity contribution in [3.05, 3.63) is 0 Å².